The fourth-order valence-electron chi connectivity index (χ4n) is 0.988. The molecule has 0 bridgehead atoms. The zero-order chi connectivity index (χ0) is 10.8. The molecule has 0 saturated carbocycles. The Kier molecular flexibility index (Phi) is 6.34. The molecular weight excluding hydrogens is 247 g/mol. The third-order valence-electron chi connectivity index (χ3n) is 1.65. The van der Waals surface area contributed by atoms with E-state index in [2.05, 4.69) is 0 Å². The first-order valence-electron chi connectivity index (χ1n) is 3.68. The zero-order valence-corrected chi connectivity index (χ0v) is 12.7. The molecule has 0 atom stereocenters. The number of hydrogen-bond acceptors (Lipinski definition) is 4. The summed E-state index contributed by atoms with van der Waals surface area (Å²) in [6, 6.07) is 4.02. The second kappa shape index (κ2) is 6.19. The molecule has 1 aromatic carbocycles. The van der Waals surface area contributed by atoms with Crippen molar-refractivity contribution < 1.29 is 22.4 Å². The number of methoxy groups -OCH3 is 2. The Labute approximate surface area is 131 Å². The first kappa shape index (κ1) is 15.4. The van der Waals surface area contributed by atoms with E-state index >= 15 is 0 Å². The molecule has 0 amide bonds. The number of hydrogen-bond donors (Lipinski definition) is 1. The van der Waals surface area contributed by atoms with Gasteiger partial charge in [-0.05, 0) is 12.1 Å². The third-order valence-corrected chi connectivity index (χ3v) is 2.54. The topological polar surface area (TPSA) is 72.8 Å². The molecule has 1 N–H and O–H groups in total. The Morgan fingerprint density at radius 1 is 1.20 bits per heavy atom. The number of benzene rings is 1. The van der Waals surface area contributed by atoms with Crippen LogP contribution >= 0.6 is 0 Å². The van der Waals surface area contributed by atoms with Crippen LogP contribution in [0.25, 0.3) is 0 Å². The third kappa shape index (κ3) is 4.02. The van der Waals surface area contributed by atoms with E-state index in [0.29, 0.717) is 5.75 Å². The Hall–Kier alpha value is 0.366. The Bertz CT molecular complexity index is 429. The molecule has 0 aromatic heterocycles. The average Bonchev–Trinajstić information content (AvgIpc) is 2.15. The molecule has 79 valence electrons. The van der Waals surface area contributed by atoms with E-state index in [9.17, 15) is 8.42 Å². The van der Waals surface area contributed by atoms with Gasteiger partial charge >= 0.3 is 0 Å². The largest absolute Gasteiger partial charge is 0.497 e. The molecule has 1 rings (SSSR count). The van der Waals surface area contributed by atoms with Crippen LogP contribution in [-0.2, 0) is 10.1 Å². The van der Waals surface area contributed by atoms with Gasteiger partial charge in [0.05, 0.1) is 14.2 Å². The maximum atomic E-state index is 10.8. The van der Waals surface area contributed by atoms with Gasteiger partial charge in [0.25, 0.3) is 10.1 Å². The quantitative estimate of drug-likeness (QED) is 0.633. The predicted octanol–water partition coefficient (Wildman–Crippen LogP) is 0.570. The van der Waals surface area contributed by atoms with Crippen LogP contribution in [0.1, 0.15) is 0 Å². The molecule has 0 fully saturated rings. The summed E-state index contributed by atoms with van der Waals surface area (Å²) in [5, 5.41) is 0. The van der Waals surface area contributed by atoms with E-state index in [-0.39, 0.29) is 62.0 Å². The first-order valence-corrected chi connectivity index (χ1v) is 5.12. The van der Waals surface area contributed by atoms with E-state index in [1.807, 2.05) is 0 Å². The van der Waals surface area contributed by atoms with Gasteiger partial charge in [-0.25, -0.2) is 0 Å². The summed E-state index contributed by atoms with van der Waals surface area (Å²) in [5.74, 6) is 0.501. The van der Waals surface area contributed by atoms with Crippen LogP contribution in [0.3, 0.4) is 0 Å². The van der Waals surface area contributed by atoms with Crippen LogP contribution in [0.2, 0.25) is 0 Å². The standard InChI is InChI=1S/C8H10O5S.K/c1-12-6-3-4-8(14(9,10)11)7(5-6)13-2;/h3-5H,1-2H3,(H,9,10,11);. The van der Waals surface area contributed by atoms with Crippen LogP contribution in [0.4, 0.5) is 0 Å². The molecule has 0 unspecified atom stereocenters. The van der Waals surface area contributed by atoms with Gasteiger partial charge in [-0.15, -0.1) is 0 Å². The Morgan fingerprint density at radius 2 is 1.80 bits per heavy atom. The van der Waals surface area contributed by atoms with Gasteiger partial charge in [0.15, 0.2) is 0 Å². The minimum absolute atomic E-state index is 0. The van der Waals surface area contributed by atoms with Crippen LogP contribution < -0.4 is 9.47 Å². The van der Waals surface area contributed by atoms with Crippen molar-refractivity contribution in [3.8, 4) is 11.5 Å². The molecule has 7 heteroatoms. The van der Waals surface area contributed by atoms with Crippen molar-refractivity contribution in [2.75, 3.05) is 14.2 Å². The molecule has 5 nitrogen and oxygen atoms in total. The number of rotatable bonds is 3. The van der Waals surface area contributed by atoms with Crippen molar-refractivity contribution in [2.24, 2.45) is 0 Å². The van der Waals surface area contributed by atoms with Crippen LogP contribution in [0.5, 0.6) is 11.5 Å². The van der Waals surface area contributed by atoms with E-state index in [1.165, 1.54) is 32.4 Å². The smallest absolute Gasteiger partial charge is 0.298 e. The van der Waals surface area contributed by atoms with Gasteiger partial charge < -0.3 is 9.47 Å². The molecule has 1 aromatic rings. The fraction of sp³-hybridized carbons (Fsp3) is 0.250. The second-order valence-electron chi connectivity index (χ2n) is 2.49. The molecule has 0 aliphatic heterocycles. The van der Waals surface area contributed by atoms with Crippen LogP contribution in [0.15, 0.2) is 23.1 Å². The van der Waals surface area contributed by atoms with E-state index in [4.69, 9.17) is 14.0 Å². The summed E-state index contributed by atoms with van der Waals surface area (Å²) in [4.78, 5) is -0.277. The molecule has 0 aliphatic carbocycles. The maximum absolute atomic E-state index is 10.8. The van der Waals surface area contributed by atoms with Crippen molar-refractivity contribution in [1.29, 1.82) is 0 Å². The van der Waals surface area contributed by atoms with Gasteiger partial charge in [-0.3, -0.25) is 4.55 Å². The monoisotopic (exact) mass is 257 g/mol. The first-order chi connectivity index (χ1) is 6.49. The van der Waals surface area contributed by atoms with Gasteiger partial charge in [-0.2, -0.15) is 8.42 Å². The van der Waals surface area contributed by atoms with Crippen molar-refractivity contribution in [3.05, 3.63) is 18.2 Å². The second-order valence-corrected chi connectivity index (χ2v) is 3.88. The van der Waals surface area contributed by atoms with Crippen LogP contribution in [0, 0.1) is 0 Å². The fourth-order valence-corrected chi connectivity index (χ4v) is 1.62. The summed E-state index contributed by atoms with van der Waals surface area (Å²) >= 11 is 0. The molecular formula is C8H10KO5S. The maximum Gasteiger partial charge on any atom is 0.298 e. The Morgan fingerprint density at radius 3 is 2.20 bits per heavy atom. The summed E-state index contributed by atoms with van der Waals surface area (Å²) in [5.41, 5.74) is 0. The summed E-state index contributed by atoms with van der Waals surface area (Å²) < 4.78 is 40.2. The normalized spacial score (nSPS) is 10.3. The average molecular weight is 257 g/mol. The predicted molar refractivity (Wildman–Crippen MR) is 55.1 cm³/mol. The van der Waals surface area contributed by atoms with E-state index in [1.54, 1.807) is 0 Å². The molecule has 15 heavy (non-hydrogen) atoms. The van der Waals surface area contributed by atoms with Crippen molar-refractivity contribution in [1.82, 2.24) is 0 Å². The SMILES string of the molecule is COc1ccc(S(=O)(=O)O)c(OC)c1.[K]. The van der Waals surface area contributed by atoms with Gasteiger partial charge in [0, 0.05) is 57.5 Å². The van der Waals surface area contributed by atoms with Crippen molar-refractivity contribution >= 4 is 61.5 Å². The van der Waals surface area contributed by atoms with Gasteiger partial charge in [0.2, 0.25) is 0 Å². The van der Waals surface area contributed by atoms with Crippen LogP contribution in [-0.4, -0.2) is 78.6 Å². The molecule has 0 saturated heterocycles. The summed E-state index contributed by atoms with van der Waals surface area (Å²) in [7, 11) is -1.50. The summed E-state index contributed by atoms with van der Waals surface area (Å²) in [6.07, 6.45) is 0. The molecule has 0 heterocycles. The Balaban J connectivity index is 0.00000196. The molecule has 1 radical (unpaired) electrons. The number of ether oxygens (including phenoxy) is 2. The van der Waals surface area contributed by atoms with Gasteiger partial charge in [-0.1, -0.05) is 0 Å². The minimum Gasteiger partial charge on any atom is -0.497 e. The molecule has 0 aliphatic rings. The van der Waals surface area contributed by atoms with Crippen molar-refractivity contribution in [3.63, 3.8) is 0 Å². The minimum atomic E-state index is -4.25. The molecule has 0 spiro atoms. The van der Waals surface area contributed by atoms with Crippen molar-refractivity contribution in [2.45, 2.75) is 4.90 Å². The summed E-state index contributed by atoms with van der Waals surface area (Å²) in [6.45, 7) is 0. The van der Waals surface area contributed by atoms with Gasteiger partial charge in [0.1, 0.15) is 16.4 Å². The van der Waals surface area contributed by atoms with E-state index in [0.717, 1.165) is 0 Å². The van der Waals surface area contributed by atoms with E-state index < -0.39 is 10.1 Å². The zero-order valence-electron chi connectivity index (χ0n) is 8.72.